The van der Waals surface area contributed by atoms with E-state index in [-0.39, 0.29) is 6.10 Å². The van der Waals surface area contributed by atoms with Gasteiger partial charge in [-0.3, -0.25) is 0 Å². The normalized spacial score (nSPS) is 31.4. The van der Waals surface area contributed by atoms with E-state index in [2.05, 4.69) is 39.7 Å². The molecule has 0 bridgehead atoms. The molecule has 1 fully saturated rings. The molecule has 1 unspecified atom stereocenters. The summed E-state index contributed by atoms with van der Waals surface area (Å²) in [6.07, 6.45) is 6.06. The summed E-state index contributed by atoms with van der Waals surface area (Å²) in [4.78, 5) is 10.1. The summed E-state index contributed by atoms with van der Waals surface area (Å²) in [7, 11) is -1.47. The van der Waals surface area contributed by atoms with E-state index in [1.165, 1.54) is 12.8 Å². The molecule has 0 aliphatic heterocycles. The highest BCUT2D eigenvalue weighted by atomic mass is 31.2. The second kappa shape index (κ2) is 8.56. The Balaban J connectivity index is 2.46. The van der Waals surface area contributed by atoms with Crippen LogP contribution in [-0.2, 0) is 4.52 Å². The smallest absolute Gasteiger partial charge is 0.253 e. The van der Waals surface area contributed by atoms with Gasteiger partial charge in [0, 0.05) is 6.04 Å². The summed E-state index contributed by atoms with van der Waals surface area (Å²) in [5.41, 5.74) is 0. The van der Waals surface area contributed by atoms with Crippen LogP contribution in [0.25, 0.3) is 0 Å². The first-order valence-corrected chi connectivity index (χ1v) is 9.07. The quantitative estimate of drug-likeness (QED) is 0.680. The molecule has 19 heavy (non-hydrogen) atoms. The predicted molar refractivity (Wildman–Crippen MR) is 82.9 cm³/mol. The van der Waals surface area contributed by atoms with Crippen molar-refractivity contribution in [3.63, 3.8) is 0 Å². The van der Waals surface area contributed by atoms with E-state index >= 15 is 0 Å². The highest BCUT2D eigenvalue weighted by molar-refractivity contribution is 7.43. The maximum Gasteiger partial charge on any atom is 0.253 e. The second-order valence-corrected chi connectivity index (χ2v) is 7.58. The van der Waals surface area contributed by atoms with Crippen LogP contribution in [0.5, 0.6) is 0 Å². The van der Waals surface area contributed by atoms with Crippen molar-refractivity contribution >= 4 is 8.53 Å². The number of nitrogens with one attached hydrogen (secondary N) is 1. The van der Waals surface area contributed by atoms with Gasteiger partial charge in [0.05, 0.1) is 6.10 Å². The maximum atomic E-state index is 10.1. The molecule has 0 aromatic heterocycles. The van der Waals surface area contributed by atoms with Crippen LogP contribution in [0.1, 0.15) is 66.7 Å². The standard InChI is InChI=1S/C15H32NO2P/c1-6-7-13(5)16-19(17)18-15-10-12(4)8-9-14(15)11(2)3/h11-17H,6-10H2,1-5H3/t12-,13-,14+,15-,19?/m1/s1. The second-order valence-electron chi connectivity index (χ2n) is 6.56. The minimum atomic E-state index is -1.47. The third-order valence-corrected chi connectivity index (χ3v) is 5.38. The molecule has 0 aromatic carbocycles. The molecule has 5 atom stereocenters. The van der Waals surface area contributed by atoms with Crippen LogP contribution in [0.15, 0.2) is 0 Å². The molecule has 3 nitrogen and oxygen atoms in total. The molecule has 0 aromatic rings. The summed E-state index contributed by atoms with van der Waals surface area (Å²) in [6.45, 7) is 11.1. The summed E-state index contributed by atoms with van der Waals surface area (Å²) in [6, 6.07) is 0.333. The van der Waals surface area contributed by atoms with Crippen molar-refractivity contribution in [1.82, 2.24) is 5.09 Å². The van der Waals surface area contributed by atoms with Crippen molar-refractivity contribution in [3.8, 4) is 0 Å². The molecule has 0 amide bonds. The molecule has 0 saturated heterocycles. The van der Waals surface area contributed by atoms with Gasteiger partial charge in [-0.05, 0) is 43.9 Å². The van der Waals surface area contributed by atoms with Crippen molar-refractivity contribution in [3.05, 3.63) is 0 Å². The van der Waals surface area contributed by atoms with Crippen LogP contribution < -0.4 is 5.09 Å². The summed E-state index contributed by atoms with van der Waals surface area (Å²) >= 11 is 0. The lowest BCUT2D eigenvalue weighted by Gasteiger charge is -2.38. The highest BCUT2D eigenvalue weighted by Gasteiger charge is 2.33. The Bertz CT molecular complexity index is 250. The molecule has 1 saturated carbocycles. The van der Waals surface area contributed by atoms with Gasteiger partial charge >= 0.3 is 0 Å². The first kappa shape index (κ1) is 17.4. The fraction of sp³-hybridized carbons (Fsp3) is 1.00. The van der Waals surface area contributed by atoms with E-state index in [4.69, 9.17) is 4.52 Å². The van der Waals surface area contributed by atoms with Crippen molar-refractivity contribution in [2.75, 3.05) is 0 Å². The van der Waals surface area contributed by atoms with Gasteiger partial charge in [-0.1, -0.05) is 40.5 Å². The van der Waals surface area contributed by atoms with Gasteiger partial charge in [-0.25, -0.2) is 5.09 Å². The van der Waals surface area contributed by atoms with Crippen LogP contribution in [0.3, 0.4) is 0 Å². The average Bonchev–Trinajstić information content (AvgIpc) is 2.28. The van der Waals surface area contributed by atoms with Crippen LogP contribution in [0.4, 0.5) is 0 Å². The predicted octanol–water partition coefficient (Wildman–Crippen LogP) is 4.46. The van der Waals surface area contributed by atoms with Crippen molar-refractivity contribution in [2.45, 2.75) is 78.9 Å². The summed E-state index contributed by atoms with van der Waals surface area (Å²) in [5.74, 6) is 1.95. The molecule has 2 N–H and O–H groups in total. The zero-order chi connectivity index (χ0) is 14.4. The lowest BCUT2D eigenvalue weighted by Crippen LogP contribution is -2.34. The molecule has 0 spiro atoms. The van der Waals surface area contributed by atoms with Gasteiger partial charge in [0.1, 0.15) is 0 Å². The van der Waals surface area contributed by atoms with Crippen LogP contribution in [0, 0.1) is 17.8 Å². The van der Waals surface area contributed by atoms with Gasteiger partial charge in [0.15, 0.2) is 0 Å². The average molecular weight is 289 g/mol. The Morgan fingerprint density at radius 1 is 1.32 bits per heavy atom. The van der Waals surface area contributed by atoms with Crippen molar-refractivity contribution < 1.29 is 9.42 Å². The lowest BCUT2D eigenvalue weighted by molar-refractivity contribution is 0.0454. The Morgan fingerprint density at radius 3 is 2.58 bits per heavy atom. The van der Waals surface area contributed by atoms with Crippen molar-refractivity contribution in [1.29, 1.82) is 0 Å². The van der Waals surface area contributed by atoms with Gasteiger partial charge in [0.25, 0.3) is 8.53 Å². The number of hydrogen-bond acceptors (Lipinski definition) is 3. The van der Waals surface area contributed by atoms with Crippen LogP contribution in [-0.4, -0.2) is 17.0 Å². The zero-order valence-electron chi connectivity index (χ0n) is 13.2. The van der Waals surface area contributed by atoms with E-state index < -0.39 is 8.53 Å². The zero-order valence-corrected chi connectivity index (χ0v) is 14.1. The summed E-state index contributed by atoms with van der Waals surface area (Å²) < 4.78 is 5.96. The minimum Gasteiger partial charge on any atom is -0.338 e. The molecule has 114 valence electrons. The molecule has 0 heterocycles. The third-order valence-electron chi connectivity index (χ3n) is 4.25. The third kappa shape index (κ3) is 6.08. The van der Waals surface area contributed by atoms with E-state index in [0.29, 0.717) is 17.9 Å². The molecule has 0 radical (unpaired) electrons. The fourth-order valence-electron chi connectivity index (χ4n) is 3.08. The molecule has 1 rings (SSSR count). The van der Waals surface area contributed by atoms with Gasteiger partial charge in [-0.2, -0.15) is 0 Å². The first-order chi connectivity index (χ1) is 8.93. The van der Waals surface area contributed by atoms with Crippen LogP contribution in [0.2, 0.25) is 0 Å². The summed E-state index contributed by atoms with van der Waals surface area (Å²) in [5, 5.41) is 3.20. The Hall–Kier alpha value is 0.310. The SMILES string of the molecule is CCC[C@@H](C)NP(O)O[C@@H]1C[C@H](C)CC[C@H]1C(C)C. The topological polar surface area (TPSA) is 41.5 Å². The van der Waals surface area contributed by atoms with Crippen LogP contribution >= 0.6 is 8.53 Å². The molecule has 4 heteroatoms. The molecule has 1 aliphatic rings. The fourth-order valence-corrected chi connectivity index (χ4v) is 4.15. The maximum absolute atomic E-state index is 10.1. The lowest BCUT2D eigenvalue weighted by atomic mass is 9.75. The van der Waals surface area contributed by atoms with E-state index in [1.54, 1.807) is 0 Å². The van der Waals surface area contributed by atoms with Gasteiger partial charge in [0.2, 0.25) is 0 Å². The van der Waals surface area contributed by atoms with E-state index in [0.717, 1.165) is 25.2 Å². The Kier molecular flexibility index (Phi) is 7.83. The first-order valence-electron chi connectivity index (χ1n) is 7.85. The molecular formula is C15H32NO2P. The minimum absolute atomic E-state index is 0.223. The van der Waals surface area contributed by atoms with E-state index in [1.807, 2.05) is 0 Å². The van der Waals surface area contributed by atoms with Crippen molar-refractivity contribution in [2.24, 2.45) is 17.8 Å². The Morgan fingerprint density at radius 2 is 2.00 bits per heavy atom. The number of hydrogen-bond donors (Lipinski definition) is 2. The monoisotopic (exact) mass is 289 g/mol. The van der Waals surface area contributed by atoms with Gasteiger partial charge < -0.3 is 9.42 Å². The molecule has 1 aliphatic carbocycles. The van der Waals surface area contributed by atoms with Gasteiger partial charge in [-0.15, -0.1) is 0 Å². The Labute approximate surface area is 120 Å². The molecular weight excluding hydrogens is 257 g/mol. The number of rotatable bonds is 7. The van der Waals surface area contributed by atoms with E-state index in [9.17, 15) is 4.89 Å². The highest BCUT2D eigenvalue weighted by Crippen LogP contribution is 2.41. The largest absolute Gasteiger partial charge is 0.338 e.